The summed E-state index contributed by atoms with van der Waals surface area (Å²) in [6.07, 6.45) is 3.42. The Morgan fingerprint density at radius 3 is 2.94 bits per heavy atom. The predicted molar refractivity (Wildman–Crippen MR) is 79.6 cm³/mol. The monoisotopic (exact) mass is 285 g/mol. The lowest BCUT2D eigenvalue weighted by Gasteiger charge is -2.40. The molecule has 1 N–H and O–H groups in total. The van der Waals surface area contributed by atoms with Crippen LogP contribution >= 0.6 is 11.3 Å². The van der Waals surface area contributed by atoms with Crippen LogP contribution in [0, 0.1) is 5.41 Å². The van der Waals surface area contributed by atoms with Crippen LogP contribution in [0.1, 0.15) is 40.0 Å². The largest absolute Gasteiger partial charge is 0.313 e. The molecule has 0 bridgehead atoms. The molecular formula is C14H23NOS2. The topological polar surface area (TPSA) is 29.1 Å². The van der Waals surface area contributed by atoms with Gasteiger partial charge in [-0.15, -0.1) is 11.3 Å². The third-order valence-electron chi connectivity index (χ3n) is 3.77. The highest BCUT2D eigenvalue weighted by Gasteiger charge is 2.38. The van der Waals surface area contributed by atoms with Crippen LogP contribution in [0.15, 0.2) is 21.7 Å². The first-order valence-electron chi connectivity index (χ1n) is 6.71. The number of rotatable bonds is 4. The van der Waals surface area contributed by atoms with Crippen LogP contribution in [0.25, 0.3) is 0 Å². The van der Waals surface area contributed by atoms with Gasteiger partial charge >= 0.3 is 0 Å². The summed E-state index contributed by atoms with van der Waals surface area (Å²) < 4.78 is 13.7. The fourth-order valence-electron chi connectivity index (χ4n) is 2.77. The summed E-state index contributed by atoms with van der Waals surface area (Å²) in [6.45, 7) is 7.69. The molecular weight excluding hydrogens is 262 g/mol. The highest BCUT2D eigenvalue weighted by molar-refractivity contribution is 7.88. The smallest absolute Gasteiger partial charge is 0.0914 e. The summed E-state index contributed by atoms with van der Waals surface area (Å²) in [6, 6.07) is 4.41. The van der Waals surface area contributed by atoms with E-state index in [1.165, 1.54) is 6.42 Å². The zero-order chi connectivity index (χ0) is 13.2. The lowest BCUT2D eigenvalue weighted by molar-refractivity contribution is 0.213. The van der Waals surface area contributed by atoms with E-state index >= 15 is 0 Å². The van der Waals surface area contributed by atoms with E-state index in [1.54, 1.807) is 11.3 Å². The first-order chi connectivity index (χ1) is 8.53. The van der Waals surface area contributed by atoms with Crippen molar-refractivity contribution < 1.29 is 4.21 Å². The standard InChI is InChI=1S/C14H23NOS2/c1-4-15-11-7-8-14(2,3)10-12(11)18(16)13-6-5-9-17-13/h5-6,9,11-12,15H,4,7-8,10H2,1-3H3. The zero-order valence-corrected chi connectivity index (χ0v) is 13.1. The van der Waals surface area contributed by atoms with Crippen molar-refractivity contribution in [2.45, 2.75) is 55.5 Å². The van der Waals surface area contributed by atoms with Gasteiger partial charge < -0.3 is 5.32 Å². The summed E-state index contributed by atoms with van der Waals surface area (Å²) in [7, 11) is -0.861. The van der Waals surface area contributed by atoms with E-state index in [4.69, 9.17) is 0 Å². The third-order valence-corrected chi connectivity index (χ3v) is 6.79. The van der Waals surface area contributed by atoms with Crippen molar-refractivity contribution in [2.75, 3.05) is 6.54 Å². The van der Waals surface area contributed by atoms with Crippen molar-refractivity contribution in [3.63, 3.8) is 0 Å². The van der Waals surface area contributed by atoms with E-state index in [-0.39, 0.29) is 5.25 Å². The van der Waals surface area contributed by atoms with Crippen molar-refractivity contribution in [1.82, 2.24) is 5.32 Å². The van der Waals surface area contributed by atoms with E-state index in [2.05, 4.69) is 26.1 Å². The molecule has 1 fully saturated rings. The minimum Gasteiger partial charge on any atom is -0.313 e. The Morgan fingerprint density at radius 1 is 1.56 bits per heavy atom. The fraction of sp³-hybridized carbons (Fsp3) is 0.714. The van der Waals surface area contributed by atoms with E-state index in [1.807, 2.05) is 17.5 Å². The molecule has 1 saturated carbocycles. The Balaban J connectivity index is 2.17. The minimum atomic E-state index is -0.861. The molecule has 1 aliphatic carbocycles. The summed E-state index contributed by atoms with van der Waals surface area (Å²) >= 11 is 1.62. The molecule has 18 heavy (non-hydrogen) atoms. The Hall–Kier alpha value is -0.190. The maximum atomic E-state index is 12.7. The molecule has 1 aromatic rings. The molecule has 102 valence electrons. The molecule has 1 aliphatic rings. The minimum absolute atomic E-state index is 0.257. The third kappa shape index (κ3) is 3.22. The number of hydrogen-bond donors (Lipinski definition) is 1. The molecule has 2 rings (SSSR count). The lowest BCUT2D eigenvalue weighted by Crippen LogP contribution is -2.48. The molecule has 4 heteroatoms. The van der Waals surface area contributed by atoms with Crippen LogP contribution < -0.4 is 5.32 Å². The Kier molecular flexibility index (Phi) is 4.62. The fourth-order valence-corrected chi connectivity index (χ4v) is 5.78. The van der Waals surface area contributed by atoms with Crippen molar-refractivity contribution >= 4 is 22.1 Å². The molecule has 0 aliphatic heterocycles. The highest BCUT2D eigenvalue weighted by Crippen LogP contribution is 2.39. The molecule has 2 nitrogen and oxygen atoms in total. The van der Waals surface area contributed by atoms with Gasteiger partial charge in [0.25, 0.3) is 0 Å². The van der Waals surface area contributed by atoms with Crippen molar-refractivity contribution in [2.24, 2.45) is 5.41 Å². The van der Waals surface area contributed by atoms with Crippen molar-refractivity contribution in [1.29, 1.82) is 0 Å². The van der Waals surface area contributed by atoms with Crippen LogP contribution in [-0.2, 0) is 10.8 Å². The molecule has 0 aromatic carbocycles. The molecule has 1 aromatic heterocycles. The van der Waals surface area contributed by atoms with Crippen LogP contribution in [0.3, 0.4) is 0 Å². The summed E-state index contributed by atoms with van der Waals surface area (Å²) in [5.41, 5.74) is 0.323. The van der Waals surface area contributed by atoms with Gasteiger partial charge in [0.2, 0.25) is 0 Å². The SMILES string of the molecule is CCNC1CCC(C)(C)CC1S(=O)c1cccs1. The first-order valence-corrected chi connectivity index (χ1v) is 8.80. The lowest BCUT2D eigenvalue weighted by atomic mass is 9.75. The first kappa shape index (κ1) is 14.2. The normalized spacial score (nSPS) is 29.1. The van der Waals surface area contributed by atoms with Gasteiger partial charge in [0.1, 0.15) is 0 Å². The molecule has 1 heterocycles. The highest BCUT2D eigenvalue weighted by atomic mass is 32.2. The zero-order valence-electron chi connectivity index (χ0n) is 11.4. The number of thiophene rings is 1. The van der Waals surface area contributed by atoms with Gasteiger partial charge in [-0.1, -0.05) is 26.8 Å². The van der Waals surface area contributed by atoms with E-state index in [9.17, 15) is 4.21 Å². The quantitative estimate of drug-likeness (QED) is 0.918. The average molecular weight is 285 g/mol. The number of nitrogens with one attached hydrogen (secondary N) is 1. The van der Waals surface area contributed by atoms with Crippen molar-refractivity contribution in [3.8, 4) is 0 Å². The van der Waals surface area contributed by atoms with Gasteiger partial charge in [-0.25, -0.2) is 0 Å². The second kappa shape index (κ2) is 5.85. The van der Waals surface area contributed by atoms with Crippen LogP contribution in [0.2, 0.25) is 0 Å². The van der Waals surface area contributed by atoms with Gasteiger partial charge in [-0.3, -0.25) is 4.21 Å². The van der Waals surface area contributed by atoms with Gasteiger partial charge in [0, 0.05) is 6.04 Å². The maximum absolute atomic E-state index is 12.7. The maximum Gasteiger partial charge on any atom is 0.0914 e. The van der Waals surface area contributed by atoms with Crippen LogP contribution in [0.5, 0.6) is 0 Å². The summed E-state index contributed by atoms with van der Waals surface area (Å²) in [5.74, 6) is 0. The van der Waals surface area contributed by atoms with E-state index in [0.717, 1.165) is 23.6 Å². The molecule has 3 atom stereocenters. The van der Waals surface area contributed by atoms with Crippen molar-refractivity contribution in [3.05, 3.63) is 17.5 Å². The Labute approximate surface area is 117 Å². The second-order valence-corrected chi connectivity index (χ2v) is 8.69. The Bertz CT molecular complexity index is 400. The van der Waals surface area contributed by atoms with Gasteiger partial charge in [0.05, 0.1) is 20.3 Å². The molecule has 3 unspecified atom stereocenters. The van der Waals surface area contributed by atoms with Gasteiger partial charge in [-0.05, 0) is 42.7 Å². The number of hydrogen-bond acceptors (Lipinski definition) is 3. The Morgan fingerprint density at radius 2 is 2.33 bits per heavy atom. The summed E-state index contributed by atoms with van der Waals surface area (Å²) in [4.78, 5) is 0. The second-order valence-electron chi connectivity index (χ2n) is 5.84. The predicted octanol–water partition coefficient (Wildman–Crippen LogP) is 3.41. The molecule has 0 amide bonds. The van der Waals surface area contributed by atoms with Crippen LogP contribution in [0.4, 0.5) is 0 Å². The molecule has 0 saturated heterocycles. The van der Waals surface area contributed by atoms with E-state index in [0.29, 0.717) is 11.5 Å². The molecule has 0 spiro atoms. The van der Waals surface area contributed by atoms with E-state index < -0.39 is 10.8 Å². The van der Waals surface area contributed by atoms with Gasteiger partial charge in [0.15, 0.2) is 0 Å². The average Bonchev–Trinajstić information content (AvgIpc) is 2.84. The van der Waals surface area contributed by atoms with Crippen LogP contribution in [-0.4, -0.2) is 22.0 Å². The molecule has 0 radical (unpaired) electrons. The van der Waals surface area contributed by atoms with Gasteiger partial charge in [-0.2, -0.15) is 0 Å². The summed E-state index contributed by atoms with van der Waals surface area (Å²) in [5, 5.41) is 5.80.